The molecule has 0 aliphatic heterocycles. The Labute approximate surface area is 168 Å². The molecule has 3 aliphatic rings. The maximum Gasteiger partial charge on any atom is 0.341 e. The van der Waals surface area contributed by atoms with E-state index in [-0.39, 0.29) is 23.8 Å². The molecule has 28 heavy (non-hydrogen) atoms. The van der Waals surface area contributed by atoms with Gasteiger partial charge in [0.2, 0.25) is 5.91 Å². The van der Waals surface area contributed by atoms with Crippen molar-refractivity contribution in [2.45, 2.75) is 52.1 Å². The molecule has 1 saturated carbocycles. The number of hydrogen-bond acceptors (Lipinski definition) is 5. The van der Waals surface area contributed by atoms with Gasteiger partial charge < -0.3 is 15.2 Å². The number of aliphatic carboxylic acids is 1. The predicted molar refractivity (Wildman–Crippen MR) is 105 cm³/mol. The number of rotatable bonds is 5. The van der Waals surface area contributed by atoms with Gasteiger partial charge in [-0.25, -0.2) is 4.79 Å². The Morgan fingerprint density at radius 2 is 1.82 bits per heavy atom. The molecule has 1 fully saturated rings. The SMILES string of the molecule is CC(C)OC(=O)c1c(NC(=O)[C@@H]2[C@@H](C(=O)O)[C@H]3C=C[C@@H]2C3)sc2c1CCCC2. The monoisotopic (exact) mass is 403 g/mol. The van der Waals surface area contributed by atoms with E-state index in [4.69, 9.17) is 4.74 Å². The summed E-state index contributed by atoms with van der Waals surface area (Å²) in [7, 11) is 0. The molecular formula is C21H25NO5S. The average molecular weight is 404 g/mol. The molecule has 150 valence electrons. The summed E-state index contributed by atoms with van der Waals surface area (Å²) in [5.74, 6) is -3.07. The van der Waals surface area contributed by atoms with E-state index in [0.717, 1.165) is 36.1 Å². The largest absolute Gasteiger partial charge is 0.481 e. The van der Waals surface area contributed by atoms with Crippen molar-refractivity contribution in [3.05, 3.63) is 28.2 Å². The molecule has 2 bridgehead atoms. The van der Waals surface area contributed by atoms with Crippen molar-refractivity contribution in [1.29, 1.82) is 0 Å². The number of hydrogen-bond donors (Lipinski definition) is 2. The highest BCUT2D eigenvalue weighted by molar-refractivity contribution is 7.17. The minimum Gasteiger partial charge on any atom is -0.481 e. The molecule has 1 heterocycles. The number of fused-ring (bicyclic) bond motifs is 3. The number of carboxylic acids is 1. The molecule has 0 radical (unpaired) electrons. The second kappa shape index (κ2) is 7.35. The number of allylic oxidation sites excluding steroid dienone is 2. The van der Waals surface area contributed by atoms with Crippen LogP contribution < -0.4 is 5.32 Å². The van der Waals surface area contributed by atoms with Crippen LogP contribution in [-0.2, 0) is 27.2 Å². The van der Waals surface area contributed by atoms with Crippen LogP contribution in [-0.4, -0.2) is 29.1 Å². The van der Waals surface area contributed by atoms with Gasteiger partial charge in [-0.15, -0.1) is 11.3 Å². The fourth-order valence-electron chi connectivity index (χ4n) is 4.85. The van der Waals surface area contributed by atoms with Crippen LogP contribution in [0, 0.1) is 23.7 Å². The van der Waals surface area contributed by atoms with E-state index in [9.17, 15) is 19.5 Å². The zero-order valence-corrected chi connectivity index (χ0v) is 16.9. The highest BCUT2D eigenvalue weighted by Crippen LogP contribution is 2.49. The zero-order chi connectivity index (χ0) is 20.0. The number of ether oxygens (including phenoxy) is 1. The van der Waals surface area contributed by atoms with Gasteiger partial charge in [0.15, 0.2) is 0 Å². The van der Waals surface area contributed by atoms with E-state index in [1.54, 1.807) is 13.8 Å². The van der Waals surface area contributed by atoms with E-state index < -0.39 is 23.8 Å². The van der Waals surface area contributed by atoms with Crippen LogP contribution in [0.3, 0.4) is 0 Å². The number of carbonyl (C=O) groups excluding carboxylic acids is 2. The lowest BCUT2D eigenvalue weighted by Crippen LogP contribution is -2.36. The molecule has 4 atom stereocenters. The molecule has 0 unspecified atom stereocenters. The second-order valence-corrected chi connectivity index (χ2v) is 9.30. The summed E-state index contributed by atoms with van der Waals surface area (Å²) in [6.45, 7) is 3.60. The Morgan fingerprint density at radius 3 is 2.50 bits per heavy atom. The molecule has 6 nitrogen and oxygen atoms in total. The number of nitrogens with one attached hydrogen (secondary N) is 1. The summed E-state index contributed by atoms with van der Waals surface area (Å²) in [6.07, 6.45) is 8.12. The van der Waals surface area contributed by atoms with Gasteiger partial charge in [-0.1, -0.05) is 12.2 Å². The highest BCUT2D eigenvalue weighted by atomic mass is 32.1. The van der Waals surface area contributed by atoms with Gasteiger partial charge in [-0.3, -0.25) is 9.59 Å². The predicted octanol–water partition coefficient (Wildman–Crippen LogP) is 3.65. The highest BCUT2D eigenvalue weighted by Gasteiger charge is 2.51. The topological polar surface area (TPSA) is 92.7 Å². The summed E-state index contributed by atoms with van der Waals surface area (Å²) < 4.78 is 5.43. The first-order chi connectivity index (χ1) is 13.4. The number of carboxylic acid groups (broad SMARTS) is 1. The Hall–Kier alpha value is -2.15. The average Bonchev–Trinajstić information content (AvgIpc) is 3.32. The van der Waals surface area contributed by atoms with E-state index >= 15 is 0 Å². The Balaban J connectivity index is 1.63. The van der Waals surface area contributed by atoms with Gasteiger partial charge in [0, 0.05) is 4.88 Å². The smallest absolute Gasteiger partial charge is 0.341 e. The van der Waals surface area contributed by atoms with Crippen LogP contribution >= 0.6 is 11.3 Å². The molecule has 4 rings (SSSR count). The quantitative estimate of drug-likeness (QED) is 0.578. The van der Waals surface area contributed by atoms with Crippen molar-refractivity contribution in [2.75, 3.05) is 5.32 Å². The minimum atomic E-state index is -0.929. The minimum absolute atomic E-state index is 0.0493. The molecule has 0 aromatic carbocycles. The summed E-state index contributed by atoms with van der Waals surface area (Å²) in [4.78, 5) is 38.7. The van der Waals surface area contributed by atoms with Gasteiger partial charge >= 0.3 is 11.9 Å². The van der Waals surface area contributed by atoms with Crippen LogP contribution in [0.25, 0.3) is 0 Å². The normalized spacial score (nSPS) is 27.7. The standard InChI is InChI=1S/C21H25NO5S/c1-10(2)27-21(26)17-13-5-3-4-6-14(13)28-19(17)22-18(23)15-11-7-8-12(9-11)16(15)20(24)25/h7-8,10-12,15-16H,3-6,9H2,1-2H3,(H,22,23)(H,24,25)/t11-,12+,15+,16+/m1/s1. The van der Waals surface area contributed by atoms with Crippen LogP contribution in [0.2, 0.25) is 0 Å². The Kier molecular flexibility index (Phi) is 5.04. The molecule has 7 heteroatoms. The number of carbonyl (C=O) groups is 3. The lowest BCUT2D eigenvalue weighted by Gasteiger charge is -2.23. The number of aryl methyl sites for hydroxylation is 1. The maximum atomic E-state index is 13.1. The fraction of sp³-hybridized carbons (Fsp3) is 0.571. The molecule has 1 aromatic heterocycles. The summed E-state index contributed by atoms with van der Waals surface area (Å²) in [6, 6.07) is 0. The molecule has 0 saturated heterocycles. The van der Waals surface area contributed by atoms with Crippen molar-refractivity contribution >= 4 is 34.2 Å². The Morgan fingerprint density at radius 1 is 1.14 bits per heavy atom. The van der Waals surface area contributed by atoms with E-state index in [1.165, 1.54) is 11.3 Å². The molecule has 3 aliphatic carbocycles. The zero-order valence-electron chi connectivity index (χ0n) is 16.1. The third-order valence-corrected chi connectivity index (χ3v) is 7.21. The number of anilines is 1. The summed E-state index contributed by atoms with van der Waals surface area (Å²) in [5.41, 5.74) is 1.45. The summed E-state index contributed by atoms with van der Waals surface area (Å²) in [5, 5.41) is 13.0. The lowest BCUT2D eigenvalue weighted by atomic mass is 9.82. The van der Waals surface area contributed by atoms with E-state index in [2.05, 4.69) is 5.32 Å². The Bertz CT molecular complexity index is 855. The van der Waals surface area contributed by atoms with Crippen molar-refractivity contribution < 1.29 is 24.2 Å². The van der Waals surface area contributed by atoms with Gasteiger partial charge in [-0.2, -0.15) is 0 Å². The molecule has 1 aromatic rings. The van der Waals surface area contributed by atoms with Crippen molar-refractivity contribution in [1.82, 2.24) is 0 Å². The van der Waals surface area contributed by atoms with Crippen LogP contribution in [0.4, 0.5) is 5.00 Å². The second-order valence-electron chi connectivity index (χ2n) is 8.20. The van der Waals surface area contributed by atoms with Gasteiger partial charge in [0.1, 0.15) is 5.00 Å². The maximum absolute atomic E-state index is 13.1. The van der Waals surface area contributed by atoms with Crippen molar-refractivity contribution in [2.24, 2.45) is 23.7 Å². The van der Waals surface area contributed by atoms with Crippen LogP contribution in [0.5, 0.6) is 0 Å². The van der Waals surface area contributed by atoms with E-state index in [1.807, 2.05) is 12.2 Å². The number of amides is 1. The number of esters is 1. The van der Waals surface area contributed by atoms with E-state index in [0.29, 0.717) is 17.0 Å². The summed E-state index contributed by atoms with van der Waals surface area (Å²) >= 11 is 1.44. The van der Waals surface area contributed by atoms with Gasteiger partial charge in [-0.05, 0) is 63.4 Å². The molecule has 2 N–H and O–H groups in total. The number of thiophene rings is 1. The first-order valence-electron chi connectivity index (χ1n) is 9.94. The van der Waals surface area contributed by atoms with Gasteiger partial charge in [0.25, 0.3) is 0 Å². The molecule has 1 amide bonds. The lowest BCUT2D eigenvalue weighted by molar-refractivity contribution is -0.146. The van der Waals surface area contributed by atoms with Gasteiger partial charge in [0.05, 0.1) is 23.5 Å². The van der Waals surface area contributed by atoms with Crippen molar-refractivity contribution in [3.63, 3.8) is 0 Å². The third kappa shape index (κ3) is 3.26. The van der Waals surface area contributed by atoms with Crippen molar-refractivity contribution in [3.8, 4) is 0 Å². The first kappa shape index (κ1) is 19.2. The molecular weight excluding hydrogens is 378 g/mol. The van der Waals surface area contributed by atoms with Crippen LogP contribution in [0.1, 0.15) is 53.9 Å². The van der Waals surface area contributed by atoms with Crippen LogP contribution in [0.15, 0.2) is 12.2 Å². The fourth-order valence-corrected chi connectivity index (χ4v) is 6.13. The molecule has 0 spiro atoms. The first-order valence-corrected chi connectivity index (χ1v) is 10.8. The third-order valence-electron chi connectivity index (χ3n) is 6.00.